The summed E-state index contributed by atoms with van der Waals surface area (Å²) in [5, 5.41) is 20.2. The van der Waals surface area contributed by atoms with Crippen LogP contribution in [0, 0.1) is 16.0 Å². The maximum Gasteiger partial charge on any atom is 0.269 e. The van der Waals surface area contributed by atoms with Crippen LogP contribution in [0.5, 0.6) is 0 Å². The molecule has 1 fully saturated rings. The van der Waals surface area contributed by atoms with Crippen molar-refractivity contribution in [2.45, 2.75) is 37.3 Å². The fourth-order valence-corrected chi connectivity index (χ4v) is 4.07. The van der Waals surface area contributed by atoms with E-state index in [1.165, 1.54) is 44.2 Å². The number of hydrogen-bond acceptors (Lipinski definition) is 5. The van der Waals surface area contributed by atoms with Gasteiger partial charge in [0, 0.05) is 30.5 Å². The molecule has 0 radical (unpaired) electrons. The lowest BCUT2D eigenvalue weighted by molar-refractivity contribution is -0.384. The van der Waals surface area contributed by atoms with Crippen molar-refractivity contribution in [3.8, 4) is 11.4 Å². The largest absolute Gasteiger partial charge is 0.305 e. The lowest BCUT2D eigenvalue weighted by Crippen LogP contribution is -2.09. The van der Waals surface area contributed by atoms with Gasteiger partial charge in [-0.05, 0) is 30.9 Å². The molecule has 122 valence electrons. The van der Waals surface area contributed by atoms with Gasteiger partial charge in [-0.3, -0.25) is 10.1 Å². The SMILES string of the molecule is Cn1c(SCC2CCCCC2)nnc1-c1ccc([N+](=O)[O-])cc1. The van der Waals surface area contributed by atoms with Crippen molar-refractivity contribution in [2.75, 3.05) is 5.75 Å². The molecule has 3 rings (SSSR count). The van der Waals surface area contributed by atoms with Gasteiger partial charge in [-0.25, -0.2) is 0 Å². The standard InChI is InChI=1S/C16H20N4O2S/c1-19-15(13-7-9-14(10-8-13)20(21)22)17-18-16(19)23-11-12-5-3-2-4-6-12/h7-10,12H,2-6,11H2,1H3. The van der Waals surface area contributed by atoms with Crippen molar-refractivity contribution in [3.63, 3.8) is 0 Å². The third kappa shape index (κ3) is 3.72. The molecule has 1 aromatic heterocycles. The van der Waals surface area contributed by atoms with Gasteiger partial charge in [-0.15, -0.1) is 10.2 Å². The number of benzene rings is 1. The third-order valence-electron chi connectivity index (χ3n) is 4.34. The smallest absolute Gasteiger partial charge is 0.269 e. The van der Waals surface area contributed by atoms with Crippen LogP contribution in [0.15, 0.2) is 29.4 Å². The predicted molar refractivity (Wildman–Crippen MR) is 90.4 cm³/mol. The van der Waals surface area contributed by atoms with Crippen LogP contribution in [0.2, 0.25) is 0 Å². The first-order valence-corrected chi connectivity index (χ1v) is 8.90. The molecule has 0 saturated heterocycles. The highest BCUT2D eigenvalue weighted by atomic mass is 32.2. The minimum absolute atomic E-state index is 0.0859. The van der Waals surface area contributed by atoms with E-state index in [9.17, 15) is 10.1 Å². The molecule has 0 bridgehead atoms. The molecule has 1 heterocycles. The second-order valence-electron chi connectivity index (χ2n) is 5.98. The molecule has 1 aromatic carbocycles. The van der Waals surface area contributed by atoms with E-state index in [0.29, 0.717) is 0 Å². The Morgan fingerprint density at radius 3 is 2.57 bits per heavy atom. The van der Waals surface area contributed by atoms with Gasteiger partial charge in [0.2, 0.25) is 0 Å². The summed E-state index contributed by atoms with van der Waals surface area (Å²) in [5.74, 6) is 2.62. The number of nitro benzene ring substituents is 1. The summed E-state index contributed by atoms with van der Waals surface area (Å²) in [6.07, 6.45) is 6.70. The van der Waals surface area contributed by atoms with Crippen molar-refractivity contribution in [3.05, 3.63) is 34.4 Å². The normalized spacial score (nSPS) is 15.7. The Labute approximate surface area is 139 Å². The van der Waals surface area contributed by atoms with Gasteiger partial charge in [0.1, 0.15) is 0 Å². The van der Waals surface area contributed by atoms with E-state index in [1.807, 2.05) is 11.6 Å². The molecule has 1 aliphatic carbocycles. The quantitative estimate of drug-likeness (QED) is 0.469. The van der Waals surface area contributed by atoms with Gasteiger partial charge in [0.25, 0.3) is 5.69 Å². The first-order valence-electron chi connectivity index (χ1n) is 7.92. The van der Waals surface area contributed by atoms with Crippen molar-refractivity contribution in [2.24, 2.45) is 13.0 Å². The van der Waals surface area contributed by atoms with E-state index in [2.05, 4.69) is 10.2 Å². The highest BCUT2D eigenvalue weighted by molar-refractivity contribution is 7.99. The zero-order chi connectivity index (χ0) is 16.2. The van der Waals surface area contributed by atoms with Crippen molar-refractivity contribution in [1.29, 1.82) is 0 Å². The summed E-state index contributed by atoms with van der Waals surface area (Å²) in [6, 6.07) is 6.44. The lowest BCUT2D eigenvalue weighted by atomic mass is 9.91. The molecule has 0 spiro atoms. The van der Waals surface area contributed by atoms with E-state index in [4.69, 9.17) is 0 Å². The molecule has 0 aliphatic heterocycles. The molecule has 0 amide bonds. The summed E-state index contributed by atoms with van der Waals surface area (Å²) in [6.45, 7) is 0. The van der Waals surface area contributed by atoms with Gasteiger partial charge >= 0.3 is 0 Å². The van der Waals surface area contributed by atoms with Gasteiger partial charge in [-0.2, -0.15) is 0 Å². The highest BCUT2D eigenvalue weighted by Gasteiger charge is 2.17. The van der Waals surface area contributed by atoms with E-state index < -0.39 is 4.92 Å². The Morgan fingerprint density at radius 2 is 1.91 bits per heavy atom. The van der Waals surface area contributed by atoms with Crippen LogP contribution < -0.4 is 0 Å². The average molecular weight is 332 g/mol. The number of nitro groups is 1. The minimum atomic E-state index is -0.397. The Kier molecular flexibility index (Phi) is 4.95. The number of non-ortho nitro benzene ring substituents is 1. The first kappa shape index (κ1) is 16.0. The molecular formula is C16H20N4O2S. The monoisotopic (exact) mass is 332 g/mol. The molecule has 0 N–H and O–H groups in total. The lowest BCUT2D eigenvalue weighted by Gasteiger charge is -2.20. The van der Waals surface area contributed by atoms with E-state index in [1.54, 1.807) is 23.9 Å². The third-order valence-corrected chi connectivity index (χ3v) is 5.60. The molecular weight excluding hydrogens is 312 g/mol. The molecule has 0 unspecified atom stereocenters. The highest BCUT2D eigenvalue weighted by Crippen LogP contribution is 2.30. The summed E-state index contributed by atoms with van der Waals surface area (Å²) >= 11 is 1.76. The molecule has 1 aliphatic rings. The van der Waals surface area contributed by atoms with Crippen LogP contribution in [-0.4, -0.2) is 25.4 Å². The molecule has 23 heavy (non-hydrogen) atoms. The van der Waals surface area contributed by atoms with Crippen molar-refractivity contribution < 1.29 is 4.92 Å². The zero-order valence-corrected chi connectivity index (χ0v) is 14.0. The van der Waals surface area contributed by atoms with Crippen LogP contribution in [0.4, 0.5) is 5.69 Å². The molecule has 7 heteroatoms. The Balaban J connectivity index is 1.69. The number of hydrogen-bond donors (Lipinski definition) is 0. The molecule has 2 aromatic rings. The zero-order valence-electron chi connectivity index (χ0n) is 13.1. The summed E-state index contributed by atoms with van der Waals surface area (Å²) in [5.41, 5.74) is 0.929. The Hall–Kier alpha value is -1.89. The van der Waals surface area contributed by atoms with Crippen LogP contribution in [0.1, 0.15) is 32.1 Å². The number of rotatable bonds is 5. The van der Waals surface area contributed by atoms with Gasteiger partial charge in [0.15, 0.2) is 11.0 Å². The predicted octanol–water partition coefficient (Wildman–Crippen LogP) is 4.06. The molecule has 6 nitrogen and oxygen atoms in total. The fourth-order valence-electron chi connectivity index (χ4n) is 2.97. The second-order valence-corrected chi connectivity index (χ2v) is 6.97. The van der Waals surface area contributed by atoms with Gasteiger partial charge in [0.05, 0.1) is 4.92 Å². The van der Waals surface area contributed by atoms with E-state index in [-0.39, 0.29) is 5.69 Å². The molecule has 0 atom stereocenters. The number of thioether (sulfide) groups is 1. The van der Waals surface area contributed by atoms with Crippen LogP contribution in [-0.2, 0) is 7.05 Å². The van der Waals surface area contributed by atoms with Gasteiger partial charge < -0.3 is 4.57 Å². The average Bonchev–Trinajstić information content (AvgIpc) is 2.95. The summed E-state index contributed by atoms with van der Waals surface area (Å²) in [7, 11) is 1.94. The van der Waals surface area contributed by atoms with Crippen molar-refractivity contribution >= 4 is 17.4 Å². The number of nitrogens with zero attached hydrogens (tertiary/aromatic N) is 4. The maximum atomic E-state index is 10.7. The van der Waals surface area contributed by atoms with E-state index >= 15 is 0 Å². The topological polar surface area (TPSA) is 73.8 Å². The first-order chi connectivity index (χ1) is 11.1. The summed E-state index contributed by atoms with van der Waals surface area (Å²) < 4.78 is 1.97. The van der Waals surface area contributed by atoms with E-state index in [0.717, 1.165) is 28.2 Å². The van der Waals surface area contributed by atoms with Crippen LogP contribution in [0.3, 0.4) is 0 Å². The number of aromatic nitrogens is 3. The fraction of sp³-hybridized carbons (Fsp3) is 0.500. The van der Waals surface area contributed by atoms with Gasteiger partial charge in [-0.1, -0.05) is 31.0 Å². The second kappa shape index (κ2) is 7.12. The maximum absolute atomic E-state index is 10.7. The molecule has 1 saturated carbocycles. The summed E-state index contributed by atoms with van der Waals surface area (Å²) in [4.78, 5) is 10.3. The van der Waals surface area contributed by atoms with Crippen LogP contribution in [0.25, 0.3) is 11.4 Å². The van der Waals surface area contributed by atoms with Crippen LogP contribution >= 0.6 is 11.8 Å². The Morgan fingerprint density at radius 1 is 1.22 bits per heavy atom. The van der Waals surface area contributed by atoms with Crippen molar-refractivity contribution in [1.82, 2.24) is 14.8 Å². The minimum Gasteiger partial charge on any atom is -0.305 e. The Bertz CT molecular complexity index is 678.